The van der Waals surface area contributed by atoms with Crippen LogP contribution in [0.3, 0.4) is 0 Å². The second-order valence-corrected chi connectivity index (χ2v) is 8.84. The van der Waals surface area contributed by atoms with Gasteiger partial charge in [0.2, 0.25) is 0 Å². The van der Waals surface area contributed by atoms with Gasteiger partial charge in [-0.25, -0.2) is 4.79 Å². The highest BCUT2D eigenvalue weighted by Crippen LogP contribution is 2.31. The van der Waals surface area contributed by atoms with E-state index in [4.69, 9.17) is 9.84 Å². The van der Waals surface area contributed by atoms with E-state index >= 15 is 0 Å². The number of carboxylic acids is 2. The Bertz CT molecular complexity index is 605. The lowest BCUT2D eigenvalue weighted by Gasteiger charge is -2.17. The summed E-state index contributed by atoms with van der Waals surface area (Å²) < 4.78 is 5.88. The Morgan fingerprint density at radius 2 is 1.53 bits per heavy atom. The first-order chi connectivity index (χ1) is 14.5. The van der Waals surface area contributed by atoms with E-state index in [0.29, 0.717) is 18.6 Å². The normalized spacial score (nSPS) is 11.9. The molecule has 170 valence electrons. The number of unbranched alkanes of at least 4 members (excludes halogenated alkanes) is 9. The predicted molar refractivity (Wildman–Crippen MR) is 123 cm³/mol. The fraction of sp³-hybridized carbons (Fsp3) is 0.667. The minimum Gasteiger partial charge on any atom is -0.481 e. The van der Waals surface area contributed by atoms with Gasteiger partial charge < -0.3 is 14.9 Å². The molecule has 1 rings (SSSR count). The Morgan fingerprint density at radius 3 is 2.20 bits per heavy atom. The molecule has 1 aromatic rings. The third-order valence-electron chi connectivity index (χ3n) is 5.01. The van der Waals surface area contributed by atoms with Crippen LogP contribution >= 0.6 is 11.8 Å². The number of thioether (sulfide) groups is 1. The minimum atomic E-state index is -0.911. The van der Waals surface area contributed by atoms with Crippen LogP contribution in [0, 0.1) is 0 Å². The first kappa shape index (κ1) is 26.3. The summed E-state index contributed by atoms with van der Waals surface area (Å²) in [5.41, 5.74) is 0. The number of ether oxygens (including phenoxy) is 1. The molecule has 0 amide bonds. The van der Waals surface area contributed by atoms with E-state index in [2.05, 4.69) is 6.92 Å². The average molecular weight is 439 g/mol. The number of rotatable bonds is 19. The van der Waals surface area contributed by atoms with Crippen LogP contribution < -0.4 is 4.74 Å². The van der Waals surface area contributed by atoms with Crippen molar-refractivity contribution in [3.05, 3.63) is 24.3 Å². The van der Waals surface area contributed by atoms with Crippen LogP contribution in [0.2, 0.25) is 0 Å². The van der Waals surface area contributed by atoms with Gasteiger partial charge in [0.05, 0.1) is 0 Å². The molecule has 0 aromatic heterocycles. The fourth-order valence-corrected chi connectivity index (χ4v) is 4.26. The van der Waals surface area contributed by atoms with Crippen LogP contribution in [0.15, 0.2) is 29.2 Å². The van der Waals surface area contributed by atoms with E-state index in [0.717, 1.165) is 42.8 Å². The highest BCUT2D eigenvalue weighted by atomic mass is 32.2. The van der Waals surface area contributed by atoms with Crippen LogP contribution in [0.5, 0.6) is 5.75 Å². The van der Waals surface area contributed by atoms with Gasteiger partial charge in [0.15, 0.2) is 6.10 Å². The number of benzene rings is 1. The van der Waals surface area contributed by atoms with Crippen LogP contribution in [0.4, 0.5) is 0 Å². The third-order valence-corrected chi connectivity index (χ3v) is 6.15. The summed E-state index contributed by atoms with van der Waals surface area (Å²) in [6.07, 6.45) is 11.8. The minimum absolute atomic E-state index is 0.212. The maximum atomic E-state index is 11.7. The van der Waals surface area contributed by atoms with Crippen molar-refractivity contribution in [3.63, 3.8) is 0 Å². The summed E-state index contributed by atoms with van der Waals surface area (Å²) in [6.45, 7) is 2.21. The molecule has 1 unspecified atom stereocenters. The van der Waals surface area contributed by atoms with Crippen LogP contribution in [-0.2, 0) is 9.59 Å². The monoisotopic (exact) mass is 438 g/mol. The molecule has 0 saturated heterocycles. The predicted octanol–water partition coefficient (Wildman–Crippen LogP) is 6.79. The maximum absolute atomic E-state index is 11.7. The summed E-state index contributed by atoms with van der Waals surface area (Å²) >= 11 is 1.64. The lowest BCUT2D eigenvalue weighted by atomic mass is 10.1. The second kappa shape index (κ2) is 17.0. The highest BCUT2D eigenvalue weighted by molar-refractivity contribution is 7.99. The van der Waals surface area contributed by atoms with E-state index in [9.17, 15) is 14.7 Å². The molecule has 0 saturated carbocycles. The number of aliphatic carboxylic acids is 2. The number of para-hydroxylation sites is 1. The number of carbonyl (C=O) groups is 2. The number of hydrogen-bond donors (Lipinski definition) is 2. The zero-order valence-corrected chi connectivity index (χ0v) is 19.1. The molecule has 0 heterocycles. The van der Waals surface area contributed by atoms with Crippen molar-refractivity contribution in [1.82, 2.24) is 0 Å². The molecular formula is C24H38O5S. The molecule has 0 fully saturated rings. The summed E-state index contributed by atoms with van der Waals surface area (Å²) in [4.78, 5) is 23.2. The number of carboxylic acid groups (broad SMARTS) is 2. The van der Waals surface area contributed by atoms with Crippen molar-refractivity contribution in [1.29, 1.82) is 0 Å². The van der Waals surface area contributed by atoms with Crippen molar-refractivity contribution >= 4 is 23.7 Å². The Hall–Kier alpha value is -1.69. The van der Waals surface area contributed by atoms with Gasteiger partial charge >= 0.3 is 11.9 Å². The molecule has 0 aliphatic carbocycles. The molecule has 1 aromatic carbocycles. The highest BCUT2D eigenvalue weighted by Gasteiger charge is 2.20. The molecular weight excluding hydrogens is 400 g/mol. The van der Waals surface area contributed by atoms with Crippen molar-refractivity contribution in [2.75, 3.05) is 5.75 Å². The zero-order chi connectivity index (χ0) is 22.0. The van der Waals surface area contributed by atoms with Crippen molar-refractivity contribution in [3.8, 4) is 5.75 Å². The van der Waals surface area contributed by atoms with Gasteiger partial charge in [-0.05, 0) is 43.6 Å². The van der Waals surface area contributed by atoms with Gasteiger partial charge in [-0.2, -0.15) is 0 Å². The van der Waals surface area contributed by atoms with Crippen LogP contribution in [0.25, 0.3) is 0 Å². The van der Waals surface area contributed by atoms with Crippen LogP contribution in [0.1, 0.15) is 90.4 Å². The Morgan fingerprint density at radius 1 is 0.900 bits per heavy atom. The summed E-state index contributed by atoms with van der Waals surface area (Å²) in [7, 11) is 0. The zero-order valence-electron chi connectivity index (χ0n) is 18.3. The first-order valence-corrected chi connectivity index (χ1v) is 12.4. The average Bonchev–Trinajstić information content (AvgIpc) is 2.72. The molecule has 6 heteroatoms. The molecule has 0 radical (unpaired) electrons. The largest absolute Gasteiger partial charge is 0.481 e. The SMILES string of the molecule is CCCCCCCCCCC(Oc1ccccc1SCCCCCC(=O)O)C(=O)O. The Labute approximate surface area is 185 Å². The molecule has 0 spiro atoms. The quantitative estimate of drug-likeness (QED) is 0.183. The summed E-state index contributed by atoms with van der Waals surface area (Å²) in [6, 6.07) is 7.57. The Balaban J connectivity index is 2.38. The van der Waals surface area contributed by atoms with E-state index < -0.39 is 18.0 Å². The molecule has 0 aliphatic rings. The number of hydrogen-bond acceptors (Lipinski definition) is 4. The van der Waals surface area contributed by atoms with Gasteiger partial charge in [0.1, 0.15) is 5.75 Å². The van der Waals surface area contributed by atoms with E-state index in [-0.39, 0.29) is 6.42 Å². The van der Waals surface area contributed by atoms with Gasteiger partial charge in [0.25, 0.3) is 0 Å². The van der Waals surface area contributed by atoms with E-state index in [1.807, 2.05) is 24.3 Å². The van der Waals surface area contributed by atoms with Crippen molar-refractivity contribution in [2.45, 2.75) is 101 Å². The fourth-order valence-electron chi connectivity index (χ4n) is 3.25. The molecule has 2 N–H and O–H groups in total. The van der Waals surface area contributed by atoms with Crippen LogP contribution in [-0.4, -0.2) is 34.0 Å². The third kappa shape index (κ3) is 12.8. The standard InChI is InChI=1S/C24H38O5S/c1-2-3-4-5-6-7-8-10-16-21(24(27)28)29-20-15-12-13-17-22(20)30-19-14-9-11-18-23(25)26/h12-13,15,17,21H,2-11,14,16,18-19H2,1H3,(H,25,26)(H,27,28). The lowest BCUT2D eigenvalue weighted by molar-refractivity contribution is -0.145. The maximum Gasteiger partial charge on any atom is 0.344 e. The molecule has 30 heavy (non-hydrogen) atoms. The van der Waals surface area contributed by atoms with Crippen molar-refractivity contribution < 1.29 is 24.5 Å². The molecule has 0 aliphatic heterocycles. The Kier molecular flexibility index (Phi) is 15.0. The smallest absolute Gasteiger partial charge is 0.344 e. The van der Waals surface area contributed by atoms with Gasteiger partial charge in [-0.1, -0.05) is 70.4 Å². The van der Waals surface area contributed by atoms with E-state index in [1.165, 1.54) is 32.1 Å². The van der Waals surface area contributed by atoms with Crippen molar-refractivity contribution in [2.24, 2.45) is 0 Å². The summed E-state index contributed by atoms with van der Waals surface area (Å²) in [5, 5.41) is 18.2. The lowest BCUT2D eigenvalue weighted by Crippen LogP contribution is -2.27. The molecule has 5 nitrogen and oxygen atoms in total. The summed E-state index contributed by atoms with van der Waals surface area (Å²) in [5.74, 6) is -0.181. The van der Waals surface area contributed by atoms with E-state index in [1.54, 1.807) is 11.8 Å². The second-order valence-electron chi connectivity index (χ2n) is 7.71. The van der Waals surface area contributed by atoms with Gasteiger partial charge in [0, 0.05) is 11.3 Å². The van der Waals surface area contributed by atoms with Gasteiger partial charge in [-0.3, -0.25) is 4.79 Å². The topological polar surface area (TPSA) is 83.8 Å². The first-order valence-electron chi connectivity index (χ1n) is 11.4. The molecule has 0 bridgehead atoms. The molecule has 1 atom stereocenters. The van der Waals surface area contributed by atoms with Gasteiger partial charge in [-0.15, -0.1) is 11.8 Å².